The van der Waals surface area contributed by atoms with Gasteiger partial charge in [0.25, 0.3) is 0 Å². The molecule has 1 aromatic rings. The summed E-state index contributed by atoms with van der Waals surface area (Å²) in [6, 6.07) is 3.53. The fourth-order valence-corrected chi connectivity index (χ4v) is 1.98. The smallest absolute Gasteiger partial charge is 0.310 e. The number of halogens is 2. The number of hydrogen-bond acceptors (Lipinski definition) is 3. The number of ether oxygens (including phenoxy) is 1. The van der Waals surface area contributed by atoms with Crippen molar-refractivity contribution in [2.24, 2.45) is 0 Å². The van der Waals surface area contributed by atoms with Crippen LogP contribution in [0.1, 0.15) is 5.56 Å². The molecule has 0 N–H and O–H groups in total. The van der Waals surface area contributed by atoms with E-state index in [2.05, 4.69) is 4.74 Å². The van der Waals surface area contributed by atoms with Crippen LogP contribution in [0.25, 0.3) is 0 Å². The Bertz CT molecular complexity index is 405. The van der Waals surface area contributed by atoms with E-state index >= 15 is 0 Å². The third kappa shape index (κ3) is 2.80. The number of anilines is 1. The molecule has 0 amide bonds. The number of methoxy groups -OCH3 is 1. The Morgan fingerprint density at radius 1 is 1.38 bits per heavy atom. The van der Waals surface area contributed by atoms with E-state index in [0.717, 1.165) is 5.69 Å². The first-order valence-electron chi connectivity index (χ1n) is 4.68. The molecule has 0 spiro atoms. The lowest BCUT2D eigenvalue weighted by Crippen LogP contribution is -2.12. The Morgan fingerprint density at radius 2 is 2.00 bits per heavy atom. The molecular formula is C11H13Cl2NO2. The Labute approximate surface area is 105 Å². The largest absolute Gasteiger partial charge is 0.469 e. The lowest BCUT2D eigenvalue weighted by molar-refractivity contribution is -0.139. The molecule has 3 nitrogen and oxygen atoms in total. The van der Waals surface area contributed by atoms with E-state index in [0.29, 0.717) is 15.6 Å². The molecule has 0 atom stereocenters. The molecule has 0 aromatic heterocycles. The summed E-state index contributed by atoms with van der Waals surface area (Å²) in [6.45, 7) is 0. The molecule has 0 fully saturated rings. The first-order valence-corrected chi connectivity index (χ1v) is 5.44. The zero-order valence-electron chi connectivity index (χ0n) is 9.38. The molecule has 5 heteroatoms. The number of nitrogens with zero attached hydrogens (tertiary/aromatic N) is 1. The number of carbonyl (C=O) groups is 1. The maximum atomic E-state index is 11.2. The van der Waals surface area contributed by atoms with Gasteiger partial charge >= 0.3 is 5.97 Å². The van der Waals surface area contributed by atoms with E-state index in [1.54, 1.807) is 6.07 Å². The highest BCUT2D eigenvalue weighted by molar-refractivity contribution is 6.38. The molecule has 0 aliphatic rings. The minimum Gasteiger partial charge on any atom is -0.469 e. The molecule has 0 heterocycles. The Balaban J connectivity index is 3.16. The van der Waals surface area contributed by atoms with Crippen molar-refractivity contribution in [1.82, 2.24) is 0 Å². The summed E-state index contributed by atoms with van der Waals surface area (Å²) in [5.74, 6) is -0.361. The van der Waals surface area contributed by atoms with Crippen LogP contribution in [-0.4, -0.2) is 27.2 Å². The zero-order valence-corrected chi connectivity index (χ0v) is 10.9. The third-order valence-corrected chi connectivity index (χ3v) is 2.97. The second kappa shape index (κ2) is 5.41. The fourth-order valence-electron chi connectivity index (χ4n) is 1.31. The van der Waals surface area contributed by atoms with Crippen molar-refractivity contribution >= 4 is 34.9 Å². The lowest BCUT2D eigenvalue weighted by atomic mass is 10.1. The van der Waals surface area contributed by atoms with Gasteiger partial charge in [-0.1, -0.05) is 23.2 Å². The summed E-state index contributed by atoms with van der Waals surface area (Å²) < 4.78 is 4.59. The average Bonchev–Trinajstić information content (AvgIpc) is 2.23. The van der Waals surface area contributed by atoms with Crippen molar-refractivity contribution in [3.05, 3.63) is 27.7 Å². The predicted octanol–water partition coefficient (Wildman–Crippen LogP) is 2.77. The summed E-state index contributed by atoms with van der Waals surface area (Å²) in [4.78, 5) is 13.1. The number of hydrogen-bond donors (Lipinski definition) is 0. The van der Waals surface area contributed by atoms with Crippen LogP contribution in [0.4, 0.5) is 5.69 Å². The molecule has 0 saturated carbocycles. The number of rotatable bonds is 3. The van der Waals surface area contributed by atoms with E-state index in [1.807, 2.05) is 25.1 Å². The van der Waals surface area contributed by atoms with Gasteiger partial charge in [-0.3, -0.25) is 4.79 Å². The molecular weight excluding hydrogens is 249 g/mol. The average molecular weight is 262 g/mol. The summed E-state index contributed by atoms with van der Waals surface area (Å²) in [5, 5.41) is 0.962. The summed E-state index contributed by atoms with van der Waals surface area (Å²) in [6.07, 6.45) is 0.0792. The SMILES string of the molecule is COC(=O)Cc1c(Cl)ccc(N(C)C)c1Cl. The number of esters is 1. The highest BCUT2D eigenvalue weighted by Crippen LogP contribution is 2.33. The van der Waals surface area contributed by atoms with E-state index in [-0.39, 0.29) is 12.4 Å². The van der Waals surface area contributed by atoms with Crippen LogP contribution in [0.15, 0.2) is 12.1 Å². The molecule has 16 heavy (non-hydrogen) atoms. The minimum atomic E-state index is -0.361. The van der Waals surface area contributed by atoms with Crippen molar-refractivity contribution < 1.29 is 9.53 Å². The molecule has 0 aliphatic heterocycles. The Kier molecular flexibility index (Phi) is 4.44. The number of benzene rings is 1. The van der Waals surface area contributed by atoms with Crippen LogP contribution < -0.4 is 4.90 Å². The van der Waals surface area contributed by atoms with Gasteiger partial charge in [0.15, 0.2) is 0 Å². The zero-order chi connectivity index (χ0) is 12.3. The van der Waals surface area contributed by atoms with Crippen molar-refractivity contribution in [1.29, 1.82) is 0 Å². The molecule has 0 saturated heterocycles. The van der Waals surface area contributed by atoms with Crippen molar-refractivity contribution in [3.63, 3.8) is 0 Å². The van der Waals surface area contributed by atoms with E-state index in [9.17, 15) is 4.79 Å². The summed E-state index contributed by atoms with van der Waals surface area (Å²) in [7, 11) is 5.08. The van der Waals surface area contributed by atoms with Crippen LogP contribution >= 0.6 is 23.2 Å². The van der Waals surface area contributed by atoms with Gasteiger partial charge in [0.2, 0.25) is 0 Å². The van der Waals surface area contributed by atoms with Crippen LogP contribution in [0.2, 0.25) is 10.0 Å². The first-order chi connectivity index (χ1) is 7.47. The van der Waals surface area contributed by atoms with Gasteiger partial charge in [-0.2, -0.15) is 0 Å². The quantitative estimate of drug-likeness (QED) is 0.784. The van der Waals surface area contributed by atoms with Gasteiger partial charge in [-0.25, -0.2) is 0 Å². The van der Waals surface area contributed by atoms with Crippen LogP contribution in [-0.2, 0) is 16.0 Å². The van der Waals surface area contributed by atoms with E-state index < -0.39 is 0 Å². The minimum absolute atomic E-state index is 0.0792. The molecule has 0 aliphatic carbocycles. The van der Waals surface area contributed by atoms with Gasteiger partial charge < -0.3 is 9.64 Å². The second-order valence-electron chi connectivity index (χ2n) is 3.51. The highest BCUT2D eigenvalue weighted by atomic mass is 35.5. The van der Waals surface area contributed by atoms with Gasteiger partial charge in [0.05, 0.1) is 24.2 Å². The predicted molar refractivity (Wildman–Crippen MR) is 66.5 cm³/mol. The van der Waals surface area contributed by atoms with E-state index in [4.69, 9.17) is 23.2 Å². The molecule has 88 valence electrons. The molecule has 0 unspecified atom stereocenters. The molecule has 0 radical (unpaired) electrons. The topological polar surface area (TPSA) is 29.5 Å². The monoisotopic (exact) mass is 261 g/mol. The second-order valence-corrected chi connectivity index (χ2v) is 4.29. The van der Waals surface area contributed by atoms with E-state index in [1.165, 1.54) is 7.11 Å². The number of carbonyl (C=O) groups excluding carboxylic acids is 1. The third-order valence-electron chi connectivity index (χ3n) is 2.20. The lowest BCUT2D eigenvalue weighted by Gasteiger charge is -2.17. The van der Waals surface area contributed by atoms with Gasteiger partial charge in [0, 0.05) is 24.7 Å². The molecule has 1 aromatic carbocycles. The van der Waals surface area contributed by atoms with Crippen LogP contribution in [0.5, 0.6) is 0 Å². The maximum absolute atomic E-state index is 11.2. The normalized spacial score (nSPS) is 10.1. The first kappa shape index (κ1) is 13.1. The summed E-state index contributed by atoms with van der Waals surface area (Å²) in [5.41, 5.74) is 1.42. The summed E-state index contributed by atoms with van der Waals surface area (Å²) >= 11 is 12.2. The van der Waals surface area contributed by atoms with Crippen molar-refractivity contribution in [3.8, 4) is 0 Å². The van der Waals surface area contributed by atoms with Gasteiger partial charge in [-0.05, 0) is 12.1 Å². The molecule has 0 bridgehead atoms. The molecule has 1 rings (SSSR count). The maximum Gasteiger partial charge on any atom is 0.310 e. The van der Waals surface area contributed by atoms with Crippen molar-refractivity contribution in [2.45, 2.75) is 6.42 Å². The highest BCUT2D eigenvalue weighted by Gasteiger charge is 2.15. The van der Waals surface area contributed by atoms with Gasteiger partial charge in [-0.15, -0.1) is 0 Å². The van der Waals surface area contributed by atoms with Crippen LogP contribution in [0.3, 0.4) is 0 Å². The Hall–Kier alpha value is -0.930. The Morgan fingerprint density at radius 3 is 2.50 bits per heavy atom. The fraction of sp³-hybridized carbons (Fsp3) is 0.364. The standard InChI is InChI=1S/C11H13Cl2NO2/c1-14(2)9-5-4-8(12)7(11(9)13)6-10(15)16-3/h4-5H,6H2,1-3H3. The van der Waals surface area contributed by atoms with Gasteiger partial charge in [0.1, 0.15) is 0 Å². The van der Waals surface area contributed by atoms with Crippen LogP contribution in [0, 0.1) is 0 Å². The van der Waals surface area contributed by atoms with Crippen molar-refractivity contribution in [2.75, 3.05) is 26.1 Å².